The Kier molecular flexibility index (Phi) is 5.35. The molecule has 0 bridgehead atoms. The van der Waals surface area contributed by atoms with E-state index in [0.29, 0.717) is 30.9 Å². The smallest absolute Gasteiger partial charge is 0.295 e. The summed E-state index contributed by atoms with van der Waals surface area (Å²) in [5.41, 5.74) is 2.78. The Morgan fingerprint density at radius 2 is 1.97 bits per heavy atom. The number of hydrogen-bond acceptors (Lipinski definition) is 4. The van der Waals surface area contributed by atoms with E-state index in [2.05, 4.69) is 16.9 Å². The van der Waals surface area contributed by atoms with Crippen LogP contribution in [0, 0.1) is 0 Å². The van der Waals surface area contributed by atoms with Crippen molar-refractivity contribution < 1.29 is 14.4 Å². The van der Waals surface area contributed by atoms with Crippen LogP contribution in [0.25, 0.3) is 10.9 Å². The summed E-state index contributed by atoms with van der Waals surface area (Å²) in [6, 6.07) is 10.7. The summed E-state index contributed by atoms with van der Waals surface area (Å²) in [6.45, 7) is 4.95. The molecule has 0 spiro atoms. The van der Waals surface area contributed by atoms with Gasteiger partial charge in [-0.25, -0.2) is 0 Å². The molecular formula is C23H24N4O3. The first-order valence-corrected chi connectivity index (χ1v) is 10.2. The van der Waals surface area contributed by atoms with Crippen LogP contribution in [-0.4, -0.2) is 63.0 Å². The Labute approximate surface area is 174 Å². The molecule has 0 unspecified atom stereocenters. The van der Waals surface area contributed by atoms with Crippen molar-refractivity contribution in [3.63, 3.8) is 0 Å². The van der Waals surface area contributed by atoms with E-state index in [4.69, 9.17) is 0 Å². The molecule has 1 aromatic carbocycles. The highest BCUT2D eigenvalue weighted by Gasteiger charge is 2.34. The third-order valence-electron chi connectivity index (χ3n) is 5.68. The number of ketones is 1. The van der Waals surface area contributed by atoms with Gasteiger partial charge >= 0.3 is 0 Å². The van der Waals surface area contributed by atoms with Crippen molar-refractivity contribution in [3.05, 3.63) is 65.6 Å². The molecule has 0 radical (unpaired) electrons. The fourth-order valence-corrected chi connectivity index (χ4v) is 4.04. The van der Waals surface area contributed by atoms with E-state index in [0.717, 1.165) is 22.9 Å². The lowest BCUT2D eigenvalue weighted by Crippen LogP contribution is -2.56. The molecule has 3 heterocycles. The van der Waals surface area contributed by atoms with Crippen LogP contribution in [0.5, 0.6) is 0 Å². The molecule has 154 valence electrons. The first kappa shape index (κ1) is 19.8. The zero-order valence-corrected chi connectivity index (χ0v) is 17.1. The highest BCUT2D eigenvalue weighted by atomic mass is 16.2. The van der Waals surface area contributed by atoms with Crippen molar-refractivity contribution >= 4 is 28.5 Å². The van der Waals surface area contributed by atoms with Crippen LogP contribution in [0.3, 0.4) is 0 Å². The number of aryl methyl sites for hydroxylation is 1. The van der Waals surface area contributed by atoms with Gasteiger partial charge in [0.05, 0.1) is 5.56 Å². The number of aromatic nitrogens is 2. The Hall–Kier alpha value is -3.48. The zero-order chi connectivity index (χ0) is 21.3. The molecule has 1 fully saturated rings. The molecule has 0 aliphatic carbocycles. The molecule has 3 aromatic rings. The number of hydrogen-bond donors (Lipinski definition) is 1. The fourth-order valence-electron chi connectivity index (χ4n) is 4.04. The van der Waals surface area contributed by atoms with Gasteiger partial charge in [0.1, 0.15) is 5.69 Å². The van der Waals surface area contributed by atoms with E-state index in [9.17, 15) is 14.4 Å². The van der Waals surface area contributed by atoms with Crippen LogP contribution in [0.15, 0.2) is 48.8 Å². The maximum absolute atomic E-state index is 13.0. The van der Waals surface area contributed by atoms with Crippen LogP contribution >= 0.6 is 0 Å². The van der Waals surface area contributed by atoms with Crippen molar-refractivity contribution in [1.29, 1.82) is 0 Å². The van der Waals surface area contributed by atoms with Gasteiger partial charge in [0.2, 0.25) is 0 Å². The molecule has 1 N–H and O–H groups in total. The Bertz CT molecular complexity index is 1110. The number of aromatic amines is 1. The molecule has 30 heavy (non-hydrogen) atoms. The van der Waals surface area contributed by atoms with E-state index >= 15 is 0 Å². The largest absolute Gasteiger partial charge is 0.360 e. The van der Waals surface area contributed by atoms with Gasteiger partial charge in [-0.05, 0) is 31.0 Å². The van der Waals surface area contributed by atoms with Gasteiger partial charge < -0.3 is 14.8 Å². The number of pyridine rings is 1. The fraction of sp³-hybridized carbons (Fsp3) is 0.304. The quantitative estimate of drug-likeness (QED) is 0.535. The highest BCUT2D eigenvalue weighted by molar-refractivity contribution is 6.45. The molecule has 0 saturated carbocycles. The van der Waals surface area contributed by atoms with Crippen molar-refractivity contribution in [3.8, 4) is 0 Å². The topological polar surface area (TPSA) is 86.4 Å². The van der Waals surface area contributed by atoms with Crippen molar-refractivity contribution in [2.24, 2.45) is 0 Å². The van der Waals surface area contributed by atoms with E-state index < -0.39 is 11.7 Å². The van der Waals surface area contributed by atoms with Gasteiger partial charge in [-0.3, -0.25) is 19.4 Å². The lowest BCUT2D eigenvalue weighted by Gasteiger charge is -2.39. The number of piperazine rings is 1. The van der Waals surface area contributed by atoms with Gasteiger partial charge in [0.25, 0.3) is 17.6 Å². The lowest BCUT2D eigenvalue weighted by molar-refractivity contribution is -0.130. The average molecular weight is 404 g/mol. The molecule has 7 nitrogen and oxygen atoms in total. The predicted octanol–water partition coefficient (Wildman–Crippen LogP) is 2.68. The Morgan fingerprint density at radius 1 is 1.13 bits per heavy atom. The summed E-state index contributed by atoms with van der Waals surface area (Å²) in [7, 11) is 0. The molecule has 2 amide bonds. The SMILES string of the molecule is CCc1cccc2c(C(=O)C(=O)N3CCN(C(=O)c4ccccn4)C[C@H]3C)c[nH]c12. The Balaban J connectivity index is 1.49. The van der Waals surface area contributed by atoms with E-state index in [1.54, 1.807) is 40.4 Å². The molecule has 2 aromatic heterocycles. The second kappa shape index (κ2) is 8.10. The summed E-state index contributed by atoms with van der Waals surface area (Å²) in [6.07, 6.45) is 4.04. The number of fused-ring (bicyclic) bond motifs is 1. The maximum Gasteiger partial charge on any atom is 0.295 e. The van der Waals surface area contributed by atoms with Crippen LogP contribution in [0.4, 0.5) is 0 Å². The van der Waals surface area contributed by atoms with Crippen molar-refractivity contribution in [2.45, 2.75) is 26.3 Å². The number of rotatable bonds is 4. The number of para-hydroxylation sites is 1. The van der Waals surface area contributed by atoms with Crippen LogP contribution in [0.2, 0.25) is 0 Å². The van der Waals surface area contributed by atoms with Gasteiger partial charge in [0, 0.05) is 49.0 Å². The first-order valence-electron chi connectivity index (χ1n) is 10.2. The van der Waals surface area contributed by atoms with Crippen LogP contribution in [-0.2, 0) is 11.2 Å². The van der Waals surface area contributed by atoms with Gasteiger partial charge in [-0.1, -0.05) is 31.2 Å². The zero-order valence-electron chi connectivity index (χ0n) is 17.1. The first-order chi connectivity index (χ1) is 14.5. The lowest BCUT2D eigenvalue weighted by atomic mass is 10.0. The number of nitrogens with zero attached hydrogens (tertiary/aromatic N) is 3. The molecule has 7 heteroatoms. The summed E-state index contributed by atoms with van der Waals surface area (Å²) in [5, 5.41) is 0.768. The monoisotopic (exact) mass is 404 g/mol. The maximum atomic E-state index is 13.0. The van der Waals surface area contributed by atoms with E-state index in [-0.39, 0.29) is 11.9 Å². The minimum Gasteiger partial charge on any atom is -0.360 e. The van der Waals surface area contributed by atoms with Gasteiger partial charge in [0.15, 0.2) is 0 Å². The number of H-pyrrole nitrogens is 1. The van der Waals surface area contributed by atoms with E-state index in [1.807, 2.05) is 25.1 Å². The number of Topliss-reactive ketones (excluding diaryl/α,β-unsaturated/α-hetero) is 1. The summed E-state index contributed by atoms with van der Waals surface area (Å²) in [4.78, 5) is 49.1. The number of amides is 2. The second-order valence-electron chi connectivity index (χ2n) is 7.54. The summed E-state index contributed by atoms with van der Waals surface area (Å²) >= 11 is 0. The average Bonchev–Trinajstić information content (AvgIpc) is 3.22. The van der Waals surface area contributed by atoms with Crippen LogP contribution < -0.4 is 0 Å². The number of benzene rings is 1. The van der Waals surface area contributed by atoms with Crippen molar-refractivity contribution in [1.82, 2.24) is 19.8 Å². The molecule has 4 rings (SSSR count). The van der Waals surface area contributed by atoms with Gasteiger partial charge in [-0.2, -0.15) is 0 Å². The number of nitrogens with one attached hydrogen (secondary N) is 1. The van der Waals surface area contributed by atoms with E-state index in [1.165, 1.54) is 0 Å². The minimum atomic E-state index is -0.532. The molecular weight excluding hydrogens is 380 g/mol. The summed E-state index contributed by atoms with van der Waals surface area (Å²) < 4.78 is 0. The normalized spacial score (nSPS) is 16.7. The highest BCUT2D eigenvalue weighted by Crippen LogP contribution is 2.24. The van der Waals surface area contributed by atoms with Crippen molar-refractivity contribution in [2.75, 3.05) is 19.6 Å². The third-order valence-corrected chi connectivity index (χ3v) is 5.68. The van der Waals surface area contributed by atoms with Gasteiger partial charge in [-0.15, -0.1) is 0 Å². The predicted molar refractivity (Wildman–Crippen MR) is 113 cm³/mol. The second-order valence-corrected chi connectivity index (χ2v) is 7.54. The molecule has 1 aliphatic heterocycles. The van der Waals surface area contributed by atoms with Crippen LogP contribution in [0.1, 0.15) is 40.3 Å². The number of carbonyl (C=O) groups excluding carboxylic acids is 3. The standard InChI is InChI=1S/C23H24N4O3/c1-3-16-7-6-8-17-18(13-25-20(16)17)21(28)23(30)27-12-11-26(14-15(27)2)22(29)19-9-4-5-10-24-19/h4-10,13,15,25H,3,11-12,14H2,1-2H3/t15-/m1/s1. The molecule has 1 saturated heterocycles. The molecule has 1 atom stereocenters. The molecule has 1 aliphatic rings. The number of carbonyl (C=O) groups is 3. The third kappa shape index (κ3) is 3.47. The Morgan fingerprint density at radius 3 is 2.67 bits per heavy atom. The minimum absolute atomic E-state index is 0.162. The summed E-state index contributed by atoms with van der Waals surface area (Å²) in [5.74, 6) is -1.22.